The van der Waals surface area contributed by atoms with Crippen LogP contribution in [-0.2, 0) is 0 Å². The number of ether oxygens (including phenoxy) is 2. The SMILES string of the molecule is C[C@@H]([NH3+])[C@@H]1COc2ccccc2O1. The standard InChI is InChI=1S/C10H13NO2/c1-7(11)10-6-12-8-4-2-3-5-9(8)13-10/h2-5,7,10H,6,11H2,1H3/p+1/t7-,10+/m1/s1. The van der Waals surface area contributed by atoms with E-state index in [-0.39, 0.29) is 12.1 Å². The zero-order valence-electron chi connectivity index (χ0n) is 7.69. The molecule has 1 aromatic rings. The molecule has 1 aliphatic heterocycles. The van der Waals surface area contributed by atoms with E-state index in [0.29, 0.717) is 6.61 Å². The van der Waals surface area contributed by atoms with E-state index in [4.69, 9.17) is 9.47 Å². The highest BCUT2D eigenvalue weighted by molar-refractivity contribution is 5.40. The number of hydrogen-bond donors (Lipinski definition) is 1. The molecule has 70 valence electrons. The van der Waals surface area contributed by atoms with Crippen LogP contribution in [0.1, 0.15) is 6.92 Å². The first-order chi connectivity index (χ1) is 6.27. The van der Waals surface area contributed by atoms with Crippen molar-refractivity contribution in [1.29, 1.82) is 0 Å². The summed E-state index contributed by atoms with van der Waals surface area (Å²) >= 11 is 0. The Balaban J connectivity index is 2.20. The maximum atomic E-state index is 5.71. The second-order valence-electron chi connectivity index (χ2n) is 3.39. The van der Waals surface area contributed by atoms with Crippen molar-refractivity contribution >= 4 is 0 Å². The van der Waals surface area contributed by atoms with Crippen molar-refractivity contribution in [2.24, 2.45) is 0 Å². The molecule has 0 aromatic heterocycles. The van der Waals surface area contributed by atoms with Crippen LogP contribution in [0.25, 0.3) is 0 Å². The fourth-order valence-electron chi connectivity index (χ4n) is 1.32. The third-order valence-electron chi connectivity index (χ3n) is 2.17. The molecule has 0 bridgehead atoms. The molecule has 13 heavy (non-hydrogen) atoms. The predicted molar refractivity (Wildman–Crippen MR) is 48.7 cm³/mol. The Morgan fingerprint density at radius 2 is 2.08 bits per heavy atom. The molecule has 0 radical (unpaired) electrons. The molecule has 3 N–H and O–H groups in total. The minimum absolute atomic E-state index is 0.0786. The van der Waals surface area contributed by atoms with Gasteiger partial charge in [0.2, 0.25) is 0 Å². The van der Waals surface area contributed by atoms with Crippen LogP contribution in [0.3, 0.4) is 0 Å². The number of para-hydroxylation sites is 2. The Hall–Kier alpha value is -1.22. The second kappa shape index (κ2) is 3.26. The van der Waals surface area contributed by atoms with E-state index in [1.807, 2.05) is 31.2 Å². The zero-order valence-corrected chi connectivity index (χ0v) is 7.69. The Morgan fingerprint density at radius 3 is 2.77 bits per heavy atom. The van der Waals surface area contributed by atoms with E-state index in [9.17, 15) is 0 Å². The quantitative estimate of drug-likeness (QED) is 0.682. The van der Waals surface area contributed by atoms with Crippen LogP contribution < -0.4 is 15.2 Å². The average molecular weight is 180 g/mol. The largest absolute Gasteiger partial charge is 0.486 e. The first kappa shape index (κ1) is 8.38. The van der Waals surface area contributed by atoms with E-state index < -0.39 is 0 Å². The minimum Gasteiger partial charge on any atom is -0.486 e. The van der Waals surface area contributed by atoms with Gasteiger partial charge in [-0.2, -0.15) is 0 Å². The topological polar surface area (TPSA) is 46.1 Å². The van der Waals surface area contributed by atoms with Crippen molar-refractivity contribution in [1.82, 2.24) is 0 Å². The second-order valence-corrected chi connectivity index (χ2v) is 3.39. The molecule has 0 unspecified atom stereocenters. The van der Waals surface area contributed by atoms with Crippen LogP contribution in [0.4, 0.5) is 0 Å². The highest BCUT2D eigenvalue weighted by Gasteiger charge is 2.25. The van der Waals surface area contributed by atoms with Crippen molar-refractivity contribution in [2.45, 2.75) is 19.1 Å². The highest BCUT2D eigenvalue weighted by atomic mass is 16.6. The third kappa shape index (κ3) is 1.60. The summed E-state index contributed by atoms with van der Waals surface area (Å²) in [5, 5.41) is 0. The van der Waals surface area contributed by atoms with E-state index in [1.165, 1.54) is 0 Å². The summed E-state index contributed by atoms with van der Waals surface area (Å²) in [7, 11) is 0. The first-order valence-electron chi connectivity index (χ1n) is 4.49. The van der Waals surface area contributed by atoms with Crippen LogP contribution in [-0.4, -0.2) is 18.8 Å². The first-order valence-corrected chi connectivity index (χ1v) is 4.49. The van der Waals surface area contributed by atoms with Crippen molar-refractivity contribution in [2.75, 3.05) is 6.61 Å². The van der Waals surface area contributed by atoms with E-state index >= 15 is 0 Å². The molecule has 1 aromatic carbocycles. The Morgan fingerprint density at radius 1 is 1.38 bits per heavy atom. The van der Waals surface area contributed by atoms with Gasteiger partial charge in [0, 0.05) is 0 Å². The van der Waals surface area contributed by atoms with Crippen molar-refractivity contribution in [3.63, 3.8) is 0 Å². The summed E-state index contributed by atoms with van der Waals surface area (Å²) in [6, 6.07) is 7.96. The normalized spacial score (nSPS) is 22.5. The number of quaternary nitrogens is 1. The van der Waals surface area contributed by atoms with Gasteiger partial charge in [-0.25, -0.2) is 0 Å². The van der Waals surface area contributed by atoms with Crippen molar-refractivity contribution < 1.29 is 15.2 Å². The molecule has 3 heteroatoms. The van der Waals surface area contributed by atoms with Gasteiger partial charge in [-0.05, 0) is 19.1 Å². The average Bonchev–Trinajstić information content (AvgIpc) is 2.17. The van der Waals surface area contributed by atoms with Crippen molar-refractivity contribution in [3.05, 3.63) is 24.3 Å². The number of fused-ring (bicyclic) bond motifs is 1. The fourth-order valence-corrected chi connectivity index (χ4v) is 1.32. The Labute approximate surface area is 77.5 Å². The van der Waals surface area contributed by atoms with Gasteiger partial charge in [0.25, 0.3) is 0 Å². The summed E-state index contributed by atoms with van der Waals surface area (Å²) in [4.78, 5) is 0. The summed E-state index contributed by atoms with van der Waals surface area (Å²) < 4.78 is 11.2. The summed E-state index contributed by atoms with van der Waals surface area (Å²) in [6.07, 6.45) is 0.0786. The molecular formula is C10H14NO2+. The van der Waals surface area contributed by atoms with Gasteiger partial charge >= 0.3 is 0 Å². The lowest BCUT2D eigenvalue weighted by molar-refractivity contribution is -0.431. The number of benzene rings is 1. The molecule has 2 atom stereocenters. The molecular weight excluding hydrogens is 166 g/mol. The molecule has 2 rings (SSSR count). The van der Waals surface area contributed by atoms with Crippen LogP contribution >= 0.6 is 0 Å². The molecule has 0 saturated heterocycles. The molecule has 1 heterocycles. The van der Waals surface area contributed by atoms with E-state index in [2.05, 4.69) is 5.73 Å². The van der Waals surface area contributed by atoms with Gasteiger partial charge in [-0.1, -0.05) is 12.1 Å². The lowest BCUT2D eigenvalue weighted by Gasteiger charge is -2.26. The smallest absolute Gasteiger partial charge is 0.183 e. The zero-order chi connectivity index (χ0) is 9.26. The predicted octanol–water partition coefficient (Wildman–Crippen LogP) is 0.457. The van der Waals surface area contributed by atoms with Crippen LogP contribution in [0.15, 0.2) is 24.3 Å². The number of hydrogen-bond acceptors (Lipinski definition) is 2. The van der Waals surface area contributed by atoms with Gasteiger partial charge in [0.15, 0.2) is 17.6 Å². The van der Waals surface area contributed by atoms with Crippen LogP contribution in [0, 0.1) is 0 Å². The molecule has 0 spiro atoms. The third-order valence-corrected chi connectivity index (χ3v) is 2.17. The minimum atomic E-state index is 0.0786. The fraction of sp³-hybridized carbons (Fsp3) is 0.400. The lowest BCUT2D eigenvalue weighted by atomic mass is 10.2. The molecule has 0 fully saturated rings. The van der Waals surface area contributed by atoms with Crippen LogP contribution in [0.2, 0.25) is 0 Å². The molecule has 0 aliphatic carbocycles. The summed E-state index contributed by atoms with van der Waals surface area (Å²) in [6.45, 7) is 2.63. The Bertz CT molecular complexity index is 299. The van der Waals surface area contributed by atoms with Gasteiger partial charge in [0.1, 0.15) is 12.6 Å². The number of rotatable bonds is 1. The summed E-state index contributed by atoms with van der Waals surface area (Å²) in [5.41, 5.74) is 3.93. The maximum Gasteiger partial charge on any atom is 0.183 e. The molecule has 3 nitrogen and oxygen atoms in total. The van der Waals surface area contributed by atoms with Crippen LogP contribution in [0.5, 0.6) is 11.5 Å². The van der Waals surface area contributed by atoms with Gasteiger partial charge < -0.3 is 15.2 Å². The molecule has 1 aliphatic rings. The molecule has 0 saturated carbocycles. The Kier molecular flexibility index (Phi) is 2.10. The van der Waals surface area contributed by atoms with Crippen molar-refractivity contribution in [3.8, 4) is 11.5 Å². The monoisotopic (exact) mass is 180 g/mol. The van der Waals surface area contributed by atoms with Gasteiger partial charge in [-0.3, -0.25) is 0 Å². The highest BCUT2D eigenvalue weighted by Crippen LogP contribution is 2.30. The van der Waals surface area contributed by atoms with Gasteiger partial charge in [0.05, 0.1) is 0 Å². The summed E-state index contributed by atoms with van der Waals surface area (Å²) in [5.74, 6) is 1.66. The van der Waals surface area contributed by atoms with Gasteiger partial charge in [-0.15, -0.1) is 0 Å². The maximum absolute atomic E-state index is 5.71. The molecule has 0 amide bonds. The van der Waals surface area contributed by atoms with E-state index in [1.54, 1.807) is 0 Å². The lowest BCUT2D eigenvalue weighted by Crippen LogP contribution is -2.67. The van der Waals surface area contributed by atoms with E-state index in [0.717, 1.165) is 11.5 Å².